The summed E-state index contributed by atoms with van der Waals surface area (Å²) < 4.78 is 22.8. The molecular weight excluding hydrogens is 426 g/mol. The van der Waals surface area contributed by atoms with Crippen molar-refractivity contribution in [2.45, 2.75) is 18.9 Å². The average molecular weight is 448 g/mol. The van der Waals surface area contributed by atoms with Crippen molar-refractivity contribution < 1.29 is 23.7 Å². The first-order chi connectivity index (χ1) is 13.6. The van der Waals surface area contributed by atoms with Crippen molar-refractivity contribution in [3.63, 3.8) is 0 Å². The van der Waals surface area contributed by atoms with Crippen LogP contribution in [-0.2, 0) is 0 Å². The lowest BCUT2D eigenvalue weighted by molar-refractivity contribution is 0.0734. The monoisotopic (exact) mass is 447 g/mol. The van der Waals surface area contributed by atoms with Gasteiger partial charge in [-0.25, -0.2) is 0 Å². The molecule has 2 aromatic rings. The maximum Gasteiger partial charge on any atom is 0.254 e. The summed E-state index contributed by atoms with van der Waals surface area (Å²) in [5, 5.41) is 0. The molecule has 0 spiro atoms. The van der Waals surface area contributed by atoms with Crippen LogP contribution in [0.3, 0.4) is 0 Å². The van der Waals surface area contributed by atoms with Crippen LogP contribution in [0.25, 0.3) is 0 Å². The fourth-order valence-corrected chi connectivity index (χ4v) is 4.33. The van der Waals surface area contributed by atoms with Crippen LogP contribution < -0.4 is 18.9 Å². The molecule has 148 valence electrons. The van der Waals surface area contributed by atoms with Crippen LogP contribution in [-0.4, -0.2) is 44.8 Å². The molecule has 4 rings (SSSR count). The molecule has 1 atom stereocenters. The standard InChI is InChI=1S/C21H22BrNO5/c1-25-18-11-14(12-19(26-2)20(18)22)21(24)23-7-3-4-15(23)13-5-6-16-17(10-13)28-9-8-27-16/h5-6,10-12,15H,3-4,7-9H2,1-2H3/t15-/m1/s1. The number of likely N-dealkylation sites (tertiary alicyclic amines) is 1. The highest BCUT2D eigenvalue weighted by molar-refractivity contribution is 9.10. The molecule has 0 aromatic heterocycles. The maximum atomic E-state index is 13.3. The van der Waals surface area contributed by atoms with Crippen molar-refractivity contribution in [1.82, 2.24) is 4.90 Å². The molecule has 28 heavy (non-hydrogen) atoms. The molecule has 6 nitrogen and oxygen atoms in total. The van der Waals surface area contributed by atoms with Gasteiger partial charge in [0.25, 0.3) is 5.91 Å². The molecule has 0 radical (unpaired) electrons. The highest BCUT2D eigenvalue weighted by Crippen LogP contribution is 2.40. The smallest absolute Gasteiger partial charge is 0.254 e. The minimum absolute atomic E-state index is 0.00367. The van der Waals surface area contributed by atoms with Gasteiger partial charge in [-0.05, 0) is 58.6 Å². The molecule has 1 saturated heterocycles. The number of fused-ring (bicyclic) bond motifs is 1. The summed E-state index contributed by atoms with van der Waals surface area (Å²) in [6.45, 7) is 1.81. The molecule has 2 heterocycles. The first-order valence-electron chi connectivity index (χ1n) is 9.24. The summed E-state index contributed by atoms with van der Waals surface area (Å²) in [6, 6.07) is 9.43. The number of carbonyl (C=O) groups excluding carboxylic acids is 1. The van der Waals surface area contributed by atoms with Crippen molar-refractivity contribution >= 4 is 21.8 Å². The minimum atomic E-state index is -0.0403. The van der Waals surface area contributed by atoms with E-state index < -0.39 is 0 Å². The van der Waals surface area contributed by atoms with Crippen molar-refractivity contribution in [2.24, 2.45) is 0 Å². The molecule has 0 N–H and O–H groups in total. The molecule has 1 fully saturated rings. The van der Waals surface area contributed by atoms with Gasteiger partial charge < -0.3 is 23.8 Å². The third-order valence-electron chi connectivity index (χ3n) is 5.16. The molecule has 7 heteroatoms. The molecular formula is C21H22BrNO5. The van der Waals surface area contributed by atoms with E-state index in [4.69, 9.17) is 18.9 Å². The summed E-state index contributed by atoms with van der Waals surface area (Å²) >= 11 is 3.45. The first-order valence-corrected chi connectivity index (χ1v) is 10.0. The van der Waals surface area contributed by atoms with Crippen LogP contribution in [0.2, 0.25) is 0 Å². The second-order valence-corrected chi connectivity index (χ2v) is 7.55. The van der Waals surface area contributed by atoms with Gasteiger partial charge in [0.15, 0.2) is 11.5 Å². The van der Waals surface area contributed by atoms with Crippen LogP contribution >= 0.6 is 15.9 Å². The van der Waals surface area contributed by atoms with Crippen LogP contribution in [0.5, 0.6) is 23.0 Å². The second-order valence-electron chi connectivity index (χ2n) is 6.75. The number of nitrogens with zero attached hydrogens (tertiary/aromatic N) is 1. The maximum absolute atomic E-state index is 13.3. The third-order valence-corrected chi connectivity index (χ3v) is 5.94. The average Bonchev–Trinajstić information content (AvgIpc) is 3.23. The molecule has 2 aliphatic heterocycles. The van der Waals surface area contributed by atoms with Gasteiger partial charge in [0.2, 0.25) is 0 Å². The minimum Gasteiger partial charge on any atom is -0.495 e. The Labute approximate surface area is 172 Å². The Kier molecular flexibility index (Phi) is 5.35. The van der Waals surface area contributed by atoms with Gasteiger partial charge >= 0.3 is 0 Å². The van der Waals surface area contributed by atoms with E-state index in [2.05, 4.69) is 15.9 Å². The molecule has 0 aliphatic carbocycles. The van der Waals surface area contributed by atoms with Crippen LogP contribution in [0.4, 0.5) is 0 Å². The summed E-state index contributed by atoms with van der Waals surface area (Å²) in [7, 11) is 3.14. The Morgan fingerprint density at radius 1 is 1.07 bits per heavy atom. The van der Waals surface area contributed by atoms with Crippen molar-refractivity contribution in [2.75, 3.05) is 34.0 Å². The number of halogens is 1. The van der Waals surface area contributed by atoms with Crippen LogP contribution in [0, 0.1) is 0 Å². The summed E-state index contributed by atoms with van der Waals surface area (Å²) in [5.74, 6) is 2.60. The fourth-order valence-electron chi connectivity index (χ4n) is 3.78. The number of carbonyl (C=O) groups is 1. The van der Waals surface area contributed by atoms with Crippen molar-refractivity contribution in [1.29, 1.82) is 0 Å². The Morgan fingerprint density at radius 3 is 2.43 bits per heavy atom. The predicted octanol–water partition coefficient (Wildman–Crippen LogP) is 4.21. The number of benzene rings is 2. The Hall–Kier alpha value is -2.41. The highest BCUT2D eigenvalue weighted by Gasteiger charge is 2.32. The molecule has 2 aliphatic rings. The summed E-state index contributed by atoms with van der Waals surface area (Å²) in [4.78, 5) is 15.2. The van der Waals surface area contributed by atoms with E-state index >= 15 is 0 Å². The Bertz CT molecular complexity index is 875. The van der Waals surface area contributed by atoms with Crippen LogP contribution in [0.1, 0.15) is 34.8 Å². The quantitative estimate of drug-likeness (QED) is 0.702. The van der Waals surface area contributed by atoms with Crippen molar-refractivity contribution in [3.05, 3.63) is 45.9 Å². The fraction of sp³-hybridized carbons (Fsp3) is 0.381. The van der Waals surface area contributed by atoms with Gasteiger partial charge in [0, 0.05) is 12.1 Å². The van der Waals surface area contributed by atoms with E-state index in [0.717, 1.165) is 29.9 Å². The number of hydrogen-bond donors (Lipinski definition) is 0. The lowest BCUT2D eigenvalue weighted by atomic mass is 10.0. The molecule has 0 unspecified atom stereocenters. The number of methoxy groups -OCH3 is 2. The summed E-state index contributed by atoms with van der Waals surface area (Å²) in [6.07, 6.45) is 1.87. The van der Waals surface area contributed by atoms with E-state index in [1.807, 2.05) is 23.1 Å². The Morgan fingerprint density at radius 2 is 1.75 bits per heavy atom. The summed E-state index contributed by atoms with van der Waals surface area (Å²) in [5.41, 5.74) is 1.60. The van der Waals surface area contributed by atoms with Crippen molar-refractivity contribution in [3.8, 4) is 23.0 Å². The molecule has 1 amide bonds. The van der Waals surface area contributed by atoms with Gasteiger partial charge in [-0.3, -0.25) is 4.79 Å². The Balaban J connectivity index is 1.64. The zero-order valence-electron chi connectivity index (χ0n) is 15.9. The van der Waals surface area contributed by atoms with Gasteiger partial charge in [0.1, 0.15) is 29.2 Å². The first kappa shape index (κ1) is 18.9. The molecule has 2 aromatic carbocycles. The largest absolute Gasteiger partial charge is 0.495 e. The van der Waals surface area contributed by atoms with E-state index in [9.17, 15) is 4.79 Å². The zero-order valence-corrected chi connectivity index (χ0v) is 17.5. The van der Waals surface area contributed by atoms with Crippen LogP contribution in [0.15, 0.2) is 34.8 Å². The van der Waals surface area contributed by atoms with Gasteiger partial charge in [-0.2, -0.15) is 0 Å². The highest BCUT2D eigenvalue weighted by atomic mass is 79.9. The van der Waals surface area contributed by atoms with Gasteiger partial charge in [-0.15, -0.1) is 0 Å². The number of ether oxygens (including phenoxy) is 4. The van der Waals surface area contributed by atoms with Gasteiger partial charge in [-0.1, -0.05) is 6.07 Å². The number of rotatable bonds is 4. The third kappa shape index (κ3) is 3.39. The van der Waals surface area contributed by atoms with E-state index in [0.29, 0.717) is 41.3 Å². The SMILES string of the molecule is COc1cc(C(=O)N2CCC[C@@H]2c2ccc3c(c2)OCCO3)cc(OC)c1Br. The lowest BCUT2D eigenvalue weighted by Gasteiger charge is -2.27. The normalized spacial score (nSPS) is 18.1. The predicted molar refractivity (Wildman–Crippen MR) is 108 cm³/mol. The number of amides is 1. The topological polar surface area (TPSA) is 57.2 Å². The van der Waals surface area contributed by atoms with E-state index in [1.54, 1.807) is 26.4 Å². The zero-order chi connectivity index (χ0) is 19.7. The van der Waals surface area contributed by atoms with E-state index in [1.165, 1.54) is 0 Å². The lowest BCUT2D eigenvalue weighted by Crippen LogP contribution is -2.30. The van der Waals surface area contributed by atoms with Gasteiger partial charge in [0.05, 0.1) is 20.3 Å². The molecule has 0 saturated carbocycles. The number of hydrogen-bond acceptors (Lipinski definition) is 5. The second kappa shape index (κ2) is 7.91. The molecule has 0 bridgehead atoms. The van der Waals surface area contributed by atoms with E-state index in [-0.39, 0.29) is 11.9 Å².